The summed E-state index contributed by atoms with van der Waals surface area (Å²) >= 11 is 1.61. The van der Waals surface area contributed by atoms with Crippen LogP contribution in [0, 0.1) is 0 Å². The Balaban J connectivity index is 2.10. The van der Waals surface area contributed by atoms with E-state index < -0.39 is 10.0 Å². The van der Waals surface area contributed by atoms with Gasteiger partial charge in [0.25, 0.3) is 0 Å². The van der Waals surface area contributed by atoms with Crippen molar-refractivity contribution in [2.75, 3.05) is 19.6 Å². The van der Waals surface area contributed by atoms with Crippen LogP contribution in [0.5, 0.6) is 0 Å². The minimum absolute atomic E-state index is 0.210. The Labute approximate surface area is 113 Å². The molecule has 2 rings (SSSR count). The zero-order valence-corrected chi connectivity index (χ0v) is 12.3. The van der Waals surface area contributed by atoms with Crippen LogP contribution >= 0.6 is 11.3 Å². The molecule has 1 aromatic rings. The number of nitrogens with one attached hydrogen (secondary N) is 1. The second-order valence-electron chi connectivity index (χ2n) is 4.50. The molecule has 102 valence electrons. The van der Waals surface area contributed by atoms with Crippen LogP contribution in [-0.4, -0.2) is 37.6 Å². The van der Waals surface area contributed by atoms with E-state index in [1.807, 2.05) is 24.4 Å². The summed E-state index contributed by atoms with van der Waals surface area (Å²) in [6, 6.07) is 3.95. The molecule has 0 aromatic carbocycles. The van der Waals surface area contributed by atoms with E-state index in [4.69, 9.17) is 0 Å². The standard InChI is InChI=1S/C12H20N2O2S2/c1-2-14(10-11-4-3-9-17-11)18(15,16)12-5-7-13-8-6-12/h3-4,9,12-13H,2,5-8,10H2,1H3. The van der Waals surface area contributed by atoms with Gasteiger partial charge in [0.15, 0.2) is 0 Å². The highest BCUT2D eigenvalue weighted by Gasteiger charge is 2.32. The largest absolute Gasteiger partial charge is 0.317 e. The molecule has 1 aliphatic rings. The normalized spacial score (nSPS) is 18.3. The van der Waals surface area contributed by atoms with E-state index in [9.17, 15) is 8.42 Å². The van der Waals surface area contributed by atoms with E-state index >= 15 is 0 Å². The number of thiophene rings is 1. The van der Waals surface area contributed by atoms with E-state index in [2.05, 4.69) is 5.32 Å². The van der Waals surface area contributed by atoms with Gasteiger partial charge in [-0.05, 0) is 37.4 Å². The van der Waals surface area contributed by atoms with Crippen molar-refractivity contribution in [1.29, 1.82) is 0 Å². The van der Waals surface area contributed by atoms with Crippen molar-refractivity contribution in [3.63, 3.8) is 0 Å². The molecule has 1 N–H and O–H groups in total. The summed E-state index contributed by atoms with van der Waals surface area (Å²) in [6.07, 6.45) is 1.45. The Morgan fingerprint density at radius 3 is 2.72 bits per heavy atom. The van der Waals surface area contributed by atoms with Crippen LogP contribution in [0.25, 0.3) is 0 Å². The topological polar surface area (TPSA) is 49.4 Å². The van der Waals surface area contributed by atoms with Gasteiger partial charge in [-0.2, -0.15) is 4.31 Å². The quantitative estimate of drug-likeness (QED) is 0.896. The Morgan fingerprint density at radius 2 is 2.17 bits per heavy atom. The van der Waals surface area contributed by atoms with Crippen molar-refractivity contribution in [1.82, 2.24) is 9.62 Å². The van der Waals surface area contributed by atoms with E-state index in [0.29, 0.717) is 13.1 Å². The van der Waals surface area contributed by atoms with E-state index in [0.717, 1.165) is 30.8 Å². The fraction of sp³-hybridized carbons (Fsp3) is 0.667. The summed E-state index contributed by atoms with van der Waals surface area (Å²) < 4.78 is 26.7. The molecule has 2 heterocycles. The Kier molecular flexibility index (Phi) is 4.77. The predicted molar refractivity (Wildman–Crippen MR) is 75.2 cm³/mol. The summed E-state index contributed by atoms with van der Waals surface area (Å²) in [4.78, 5) is 1.11. The van der Waals surface area contributed by atoms with E-state index in [1.165, 1.54) is 0 Å². The lowest BCUT2D eigenvalue weighted by Gasteiger charge is -2.29. The summed E-state index contributed by atoms with van der Waals surface area (Å²) in [7, 11) is -3.15. The van der Waals surface area contributed by atoms with Crippen molar-refractivity contribution in [3.8, 4) is 0 Å². The number of sulfonamides is 1. The lowest BCUT2D eigenvalue weighted by Crippen LogP contribution is -2.43. The van der Waals surface area contributed by atoms with E-state index in [-0.39, 0.29) is 5.25 Å². The number of piperidine rings is 1. The monoisotopic (exact) mass is 288 g/mol. The number of nitrogens with zero attached hydrogens (tertiary/aromatic N) is 1. The molecule has 1 fully saturated rings. The lowest BCUT2D eigenvalue weighted by atomic mass is 10.2. The second-order valence-corrected chi connectivity index (χ2v) is 7.75. The molecular weight excluding hydrogens is 268 g/mol. The molecule has 0 atom stereocenters. The zero-order chi connectivity index (χ0) is 13.0. The third kappa shape index (κ3) is 3.12. The average Bonchev–Trinajstić information content (AvgIpc) is 2.89. The molecule has 0 aliphatic carbocycles. The zero-order valence-electron chi connectivity index (χ0n) is 10.6. The van der Waals surface area contributed by atoms with Gasteiger partial charge in [-0.15, -0.1) is 11.3 Å². The Bertz CT molecular complexity index is 450. The van der Waals surface area contributed by atoms with Crippen molar-refractivity contribution in [2.24, 2.45) is 0 Å². The third-order valence-electron chi connectivity index (χ3n) is 3.33. The van der Waals surface area contributed by atoms with Crippen LogP contribution in [0.15, 0.2) is 17.5 Å². The first-order chi connectivity index (χ1) is 8.64. The molecule has 0 unspecified atom stereocenters. The fourth-order valence-corrected chi connectivity index (χ4v) is 5.00. The first kappa shape index (κ1) is 14.0. The van der Waals surface area contributed by atoms with Crippen LogP contribution in [0.2, 0.25) is 0 Å². The first-order valence-corrected chi connectivity index (χ1v) is 8.75. The summed E-state index contributed by atoms with van der Waals surface area (Å²) in [5.74, 6) is 0. The van der Waals surface area contributed by atoms with Crippen LogP contribution < -0.4 is 5.32 Å². The minimum atomic E-state index is -3.15. The molecule has 0 radical (unpaired) electrons. The van der Waals surface area contributed by atoms with Gasteiger partial charge in [0, 0.05) is 18.0 Å². The lowest BCUT2D eigenvalue weighted by molar-refractivity contribution is 0.400. The molecule has 0 spiro atoms. The molecule has 1 aromatic heterocycles. The molecular formula is C12H20N2O2S2. The van der Waals surface area contributed by atoms with Gasteiger partial charge in [0.2, 0.25) is 10.0 Å². The highest BCUT2D eigenvalue weighted by atomic mass is 32.2. The first-order valence-electron chi connectivity index (χ1n) is 6.36. The van der Waals surface area contributed by atoms with Gasteiger partial charge in [-0.25, -0.2) is 8.42 Å². The SMILES string of the molecule is CCN(Cc1cccs1)S(=O)(=O)C1CCNCC1. The van der Waals surface area contributed by atoms with Crippen LogP contribution in [0.3, 0.4) is 0 Å². The highest BCUT2D eigenvalue weighted by Crippen LogP contribution is 2.21. The maximum Gasteiger partial charge on any atom is 0.217 e. The Hall–Kier alpha value is -0.430. The summed E-state index contributed by atoms with van der Waals surface area (Å²) in [5.41, 5.74) is 0. The maximum absolute atomic E-state index is 12.5. The van der Waals surface area contributed by atoms with Crippen LogP contribution in [0.1, 0.15) is 24.6 Å². The van der Waals surface area contributed by atoms with E-state index in [1.54, 1.807) is 15.6 Å². The summed E-state index contributed by atoms with van der Waals surface area (Å²) in [6.45, 7) is 4.58. The van der Waals surface area contributed by atoms with Gasteiger partial charge in [-0.3, -0.25) is 0 Å². The van der Waals surface area contributed by atoms with Crippen molar-refractivity contribution < 1.29 is 8.42 Å². The highest BCUT2D eigenvalue weighted by molar-refractivity contribution is 7.89. The number of hydrogen-bond acceptors (Lipinski definition) is 4. The second kappa shape index (κ2) is 6.14. The minimum Gasteiger partial charge on any atom is -0.317 e. The van der Waals surface area contributed by atoms with Gasteiger partial charge in [0.1, 0.15) is 0 Å². The molecule has 1 aliphatic heterocycles. The van der Waals surface area contributed by atoms with Gasteiger partial charge < -0.3 is 5.32 Å². The molecule has 4 nitrogen and oxygen atoms in total. The van der Waals surface area contributed by atoms with Gasteiger partial charge in [0.05, 0.1) is 5.25 Å². The number of rotatable bonds is 5. The molecule has 0 bridgehead atoms. The molecule has 1 saturated heterocycles. The van der Waals surface area contributed by atoms with Crippen molar-refractivity contribution >= 4 is 21.4 Å². The fourth-order valence-electron chi connectivity index (χ4n) is 2.26. The van der Waals surface area contributed by atoms with Gasteiger partial charge >= 0.3 is 0 Å². The molecule has 0 saturated carbocycles. The molecule has 6 heteroatoms. The van der Waals surface area contributed by atoms with Crippen LogP contribution in [0.4, 0.5) is 0 Å². The van der Waals surface area contributed by atoms with Crippen molar-refractivity contribution in [2.45, 2.75) is 31.6 Å². The van der Waals surface area contributed by atoms with Gasteiger partial charge in [-0.1, -0.05) is 13.0 Å². The average molecular weight is 288 g/mol. The number of hydrogen-bond donors (Lipinski definition) is 1. The summed E-state index contributed by atoms with van der Waals surface area (Å²) in [5, 5.41) is 4.99. The Morgan fingerprint density at radius 1 is 1.44 bits per heavy atom. The molecule has 18 heavy (non-hydrogen) atoms. The third-order valence-corrected chi connectivity index (χ3v) is 6.61. The maximum atomic E-state index is 12.5. The predicted octanol–water partition coefficient (Wildman–Crippen LogP) is 1.65. The van der Waals surface area contributed by atoms with Crippen LogP contribution in [-0.2, 0) is 16.6 Å². The van der Waals surface area contributed by atoms with Crippen molar-refractivity contribution in [3.05, 3.63) is 22.4 Å². The smallest absolute Gasteiger partial charge is 0.217 e. The molecule has 0 amide bonds.